The molecule has 0 saturated heterocycles. The van der Waals surface area contributed by atoms with Gasteiger partial charge in [0.25, 0.3) is 0 Å². The lowest BCUT2D eigenvalue weighted by Crippen LogP contribution is -2.24. The Bertz CT molecular complexity index is 707. The molecule has 0 radical (unpaired) electrons. The number of nitrogens with zero attached hydrogens (tertiary/aromatic N) is 1. The van der Waals surface area contributed by atoms with Gasteiger partial charge in [-0.15, -0.1) is 0 Å². The van der Waals surface area contributed by atoms with Crippen molar-refractivity contribution in [2.24, 2.45) is 5.41 Å². The zero-order valence-electron chi connectivity index (χ0n) is 11.5. The van der Waals surface area contributed by atoms with Gasteiger partial charge >= 0.3 is 5.97 Å². The molecular formula is C14H14BrNO4S. The second-order valence-corrected chi connectivity index (χ2v) is 8.06. The van der Waals surface area contributed by atoms with E-state index in [4.69, 9.17) is 4.74 Å². The highest BCUT2D eigenvalue weighted by molar-refractivity contribution is 9.10. The molecule has 5 nitrogen and oxygen atoms in total. The van der Waals surface area contributed by atoms with Gasteiger partial charge in [0.05, 0.1) is 12.7 Å². The molecule has 112 valence electrons. The van der Waals surface area contributed by atoms with Gasteiger partial charge in [0.1, 0.15) is 5.25 Å². The van der Waals surface area contributed by atoms with Crippen molar-refractivity contribution < 1.29 is 17.9 Å². The van der Waals surface area contributed by atoms with E-state index in [0.717, 1.165) is 10.7 Å². The van der Waals surface area contributed by atoms with E-state index in [1.165, 1.54) is 0 Å². The fraction of sp³-hybridized carbons (Fsp3) is 0.429. The number of sulfone groups is 1. The van der Waals surface area contributed by atoms with Crippen LogP contribution in [0.15, 0.2) is 28.7 Å². The summed E-state index contributed by atoms with van der Waals surface area (Å²) in [6.45, 7) is 1.72. The number of esters is 1. The van der Waals surface area contributed by atoms with Crippen LogP contribution in [-0.4, -0.2) is 32.5 Å². The monoisotopic (exact) mass is 371 g/mol. The molecule has 0 unspecified atom stereocenters. The molecular weight excluding hydrogens is 358 g/mol. The molecule has 0 bridgehead atoms. The first kappa shape index (κ1) is 16.0. The van der Waals surface area contributed by atoms with Crippen LogP contribution in [0.2, 0.25) is 0 Å². The molecule has 21 heavy (non-hydrogen) atoms. The third kappa shape index (κ3) is 2.58. The van der Waals surface area contributed by atoms with Crippen LogP contribution in [0, 0.1) is 16.7 Å². The van der Waals surface area contributed by atoms with Crippen LogP contribution >= 0.6 is 15.9 Å². The van der Waals surface area contributed by atoms with E-state index in [1.54, 1.807) is 31.2 Å². The summed E-state index contributed by atoms with van der Waals surface area (Å²) in [6, 6.07) is 8.82. The highest BCUT2D eigenvalue weighted by Gasteiger charge is 2.76. The lowest BCUT2D eigenvalue weighted by Gasteiger charge is -2.08. The van der Waals surface area contributed by atoms with E-state index in [0.29, 0.717) is 5.56 Å². The van der Waals surface area contributed by atoms with Gasteiger partial charge in [-0.2, -0.15) is 5.26 Å². The van der Waals surface area contributed by atoms with Crippen LogP contribution < -0.4 is 0 Å². The normalized spacial score (nSPS) is 27.7. The average Bonchev–Trinajstić information content (AvgIpc) is 3.10. The molecule has 0 amide bonds. The summed E-state index contributed by atoms with van der Waals surface area (Å²) in [4.78, 5) is 12.1. The zero-order valence-corrected chi connectivity index (χ0v) is 13.9. The lowest BCUT2D eigenvalue weighted by molar-refractivity contribution is -0.147. The van der Waals surface area contributed by atoms with Crippen molar-refractivity contribution in [3.63, 3.8) is 0 Å². The van der Waals surface area contributed by atoms with Crippen molar-refractivity contribution in [2.45, 2.75) is 18.1 Å². The third-order valence-electron chi connectivity index (χ3n) is 3.62. The maximum atomic E-state index is 12.1. The SMILES string of the molecule is CCOC(=O)[C@@]1(C#N)[C@H](S(C)(=O)=O)[C@@H]1c1ccc(Br)cc1. The summed E-state index contributed by atoms with van der Waals surface area (Å²) in [6.07, 6.45) is 1.04. The number of benzene rings is 1. The van der Waals surface area contributed by atoms with Gasteiger partial charge in [-0.1, -0.05) is 28.1 Å². The second kappa shape index (κ2) is 5.43. The number of carbonyl (C=O) groups excluding carboxylic acids is 1. The largest absolute Gasteiger partial charge is 0.465 e. The minimum Gasteiger partial charge on any atom is -0.465 e. The van der Waals surface area contributed by atoms with E-state index in [1.807, 2.05) is 6.07 Å². The third-order valence-corrected chi connectivity index (χ3v) is 5.72. The first-order valence-electron chi connectivity index (χ1n) is 6.31. The number of hydrogen-bond donors (Lipinski definition) is 0. The van der Waals surface area contributed by atoms with Crippen molar-refractivity contribution in [3.8, 4) is 6.07 Å². The van der Waals surface area contributed by atoms with E-state index in [-0.39, 0.29) is 6.61 Å². The highest BCUT2D eigenvalue weighted by atomic mass is 79.9. The molecule has 2 rings (SSSR count). The number of rotatable bonds is 4. The predicted molar refractivity (Wildman–Crippen MR) is 80.2 cm³/mol. The van der Waals surface area contributed by atoms with Crippen LogP contribution in [0.5, 0.6) is 0 Å². The van der Waals surface area contributed by atoms with E-state index >= 15 is 0 Å². The number of hydrogen-bond acceptors (Lipinski definition) is 5. The topological polar surface area (TPSA) is 84.2 Å². The van der Waals surface area contributed by atoms with Crippen molar-refractivity contribution in [2.75, 3.05) is 12.9 Å². The Labute approximate surface area is 132 Å². The smallest absolute Gasteiger partial charge is 0.328 e. The minimum absolute atomic E-state index is 0.103. The summed E-state index contributed by atoms with van der Waals surface area (Å²) < 4.78 is 29.7. The molecule has 1 saturated carbocycles. The Morgan fingerprint density at radius 3 is 2.43 bits per heavy atom. The second-order valence-electron chi connectivity index (χ2n) is 4.98. The Kier molecular flexibility index (Phi) is 4.13. The van der Waals surface area contributed by atoms with Gasteiger partial charge in [-0.25, -0.2) is 8.42 Å². The zero-order chi connectivity index (χ0) is 15.8. The molecule has 0 aliphatic heterocycles. The maximum absolute atomic E-state index is 12.1. The summed E-state index contributed by atoms with van der Waals surface area (Å²) in [7, 11) is -3.56. The first-order valence-corrected chi connectivity index (χ1v) is 9.06. The minimum atomic E-state index is -3.56. The van der Waals surface area contributed by atoms with Gasteiger partial charge in [-0.3, -0.25) is 4.79 Å². The van der Waals surface area contributed by atoms with E-state index in [9.17, 15) is 18.5 Å². The van der Waals surface area contributed by atoms with Crippen molar-refractivity contribution >= 4 is 31.7 Å². The fourth-order valence-electron chi connectivity index (χ4n) is 2.72. The Morgan fingerprint density at radius 2 is 2.00 bits per heavy atom. The van der Waals surface area contributed by atoms with E-state index < -0.39 is 32.4 Å². The molecule has 1 aromatic carbocycles. The molecule has 0 aromatic heterocycles. The first-order chi connectivity index (χ1) is 9.79. The fourth-order valence-corrected chi connectivity index (χ4v) is 4.74. The van der Waals surface area contributed by atoms with Crippen LogP contribution in [0.1, 0.15) is 18.4 Å². The van der Waals surface area contributed by atoms with E-state index in [2.05, 4.69) is 15.9 Å². The van der Waals surface area contributed by atoms with Crippen molar-refractivity contribution in [1.29, 1.82) is 5.26 Å². The van der Waals surface area contributed by atoms with Crippen LogP contribution in [0.25, 0.3) is 0 Å². The predicted octanol–water partition coefficient (Wildman–Crippen LogP) is 2.03. The Balaban J connectivity index is 2.50. The summed E-state index contributed by atoms with van der Waals surface area (Å²) >= 11 is 3.29. The molecule has 0 heterocycles. The molecule has 1 aliphatic rings. The summed E-state index contributed by atoms with van der Waals surface area (Å²) in [5, 5.41) is 8.39. The van der Waals surface area contributed by atoms with Crippen LogP contribution in [-0.2, 0) is 19.4 Å². The molecule has 3 atom stereocenters. The highest BCUT2D eigenvalue weighted by Crippen LogP contribution is 2.63. The lowest BCUT2D eigenvalue weighted by atomic mass is 10.0. The molecule has 1 fully saturated rings. The average molecular weight is 372 g/mol. The van der Waals surface area contributed by atoms with Crippen LogP contribution in [0.3, 0.4) is 0 Å². The Morgan fingerprint density at radius 1 is 1.43 bits per heavy atom. The standard InChI is InChI=1S/C14H14BrNO4S/c1-3-20-13(17)14(8-16)11(12(14)21(2,18)19)9-4-6-10(15)7-5-9/h4-7,11-12H,3H2,1-2H3/t11-,12+,14+/m0/s1. The molecule has 0 spiro atoms. The Hall–Kier alpha value is -1.39. The number of halogens is 1. The van der Waals surface area contributed by atoms with Crippen LogP contribution in [0.4, 0.5) is 0 Å². The van der Waals surface area contributed by atoms with Gasteiger partial charge in [0.15, 0.2) is 15.3 Å². The van der Waals surface area contributed by atoms with Gasteiger partial charge in [0, 0.05) is 16.6 Å². The molecule has 0 N–H and O–H groups in total. The van der Waals surface area contributed by atoms with Gasteiger partial charge < -0.3 is 4.74 Å². The van der Waals surface area contributed by atoms with Gasteiger partial charge in [-0.05, 0) is 24.6 Å². The molecule has 1 aromatic rings. The number of ether oxygens (including phenoxy) is 1. The number of nitriles is 1. The maximum Gasteiger partial charge on any atom is 0.328 e. The molecule has 1 aliphatic carbocycles. The summed E-state index contributed by atoms with van der Waals surface area (Å²) in [5.41, 5.74) is -1.000. The quantitative estimate of drug-likeness (QED) is 0.756. The van der Waals surface area contributed by atoms with Gasteiger partial charge in [0.2, 0.25) is 0 Å². The number of carbonyl (C=O) groups is 1. The molecule has 7 heteroatoms. The summed E-state index contributed by atoms with van der Waals surface area (Å²) in [5.74, 6) is -1.46. The van der Waals surface area contributed by atoms with Crippen molar-refractivity contribution in [3.05, 3.63) is 34.3 Å². The van der Waals surface area contributed by atoms with Crippen molar-refractivity contribution in [1.82, 2.24) is 0 Å².